The van der Waals surface area contributed by atoms with Crippen LogP contribution in [0, 0.1) is 5.92 Å². The van der Waals surface area contributed by atoms with Crippen molar-refractivity contribution in [1.29, 1.82) is 0 Å². The van der Waals surface area contributed by atoms with Crippen molar-refractivity contribution in [3.63, 3.8) is 0 Å². The van der Waals surface area contributed by atoms with Gasteiger partial charge < -0.3 is 19.3 Å². The molecule has 1 saturated carbocycles. The lowest BCUT2D eigenvalue weighted by atomic mass is 9.80. The lowest BCUT2D eigenvalue weighted by Gasteiger charge is -2.38. The third kappa shape index (κ3) is 2.95. The van der Waals surface area contributed by atoms with E-state index in [4.69, 9.17) is 14.2 Å². The first-order valence-corrected chi connectivity index (χ1v) is 8.70. The Hall–Kier alpha value is -2.49. The maximum Gasteiger partial charge on any atom is 0.439 e. The zero-order valence-corrected chi connectivity index (χ0v) is 15.7. The zero-order chi connectivity index (χ0) is 20.7. The molecule has 0 spiro atoms. The normalized spacial score (nSPS) is 24.5. The van der Waals surface area contributed by atoms with Gasteiger partial charge in [0.25, 0.3) is 11.6 Å². The van der Waals surface area contributed by atoms with Gasteiger partial charge in [0.1, 0.15) is 0 Å². The molecule has 10 heteroatoms. The summed E-state index contributed by atoms with van der Waals surface area (Å²) in [6, 6.07) is 2.45. The molecule has 2 aliphatic rings. The number of carbonyl (C=O) groups excluding carboxylic acids is 1. The fraction of sp³-hybridized carbons (Fsp3) is 0.556. The Kier molecular flexibility index (Phi) is 5.18. The van der Waals surface area contributed by atoms with E-state index in [0.29, 0.717) is 19.3 Å². The number of rotatable bonds is 4. The number of hydrazone groups is 1. The van der Waals surface area contributed by atoms with Gasteiger partial charge in [-0.05, 0) is 31.4 Å². The number of hydrogen-bond donors (Lipinski definition) is 1. The molecule has 3 rings (SSSR count). The highest BCUT2D eigenvalue weighted by Gasteiger charge is 2.68. The Morgan fingerprint density at radius 2 is 1.79 bits per heavy atom. The lowest BCUT2D eigenvalue weighted by Crippen LogP contribution is -2.61. The second-order valence-electron chi connectivity index (χ2n) is 6.64. The zero-order valence-electron chi connectivity index (χ0n) is 15.7. The molecule has 0 aromatic heterocycles. The van der Waals surface area contributed by atoms with Gasteiger partial charge in [0.05, 0.1) is 27.2 Å². The summed E-state index contributed by atoms with van der Waals surface area (Å²) in [6.07, 6.45) is -3.48. The second kappa shape index (κ2) is 7.16. The van der Waals surface area contributed by atoms with Crippen molar-refractivity contribution in [2.24, 2.45) is 11.0 Å². The highest BCUT2D eigenvalue weighted by atomic mass is 19.4. The van der Waals surface area contributed by atoms with Crippen molar-refractivity contribution in [2.75, 3.05) is 21.3 Å². The molecule has 1 aromatic rings. The molecule has 2 atom stereocenters. The van der Waals surface area contributed by atoms with Crippen molar-refractivity contribution in [3.05, 3.63) is 17.7 Å². The first-order chi connectivity index (χ1) is 13.2. The van der Waals surface area contributed by atoms with Crippen LogP contribution in [0.1, 0.15) is 36.0 Å². The molecule has 1 heterocycles. The van der Waals surface area contributed by atoms with Crippen molar-refractivity contribution < 1.29 is 37.3 Å². The summed E-state index contributed by atoms with van der Waals surface area (Å²) in [7, 11) is 4.01. The molecule has 0 bridgehead atoms. The van der Waals surface area contributed by atoms with E-state index in [1.165, 1.54) is 33.5 Å². The van der Waals surface area contributed by atoms with Gasteiger partial charge in [-0.15, -0.1) is 0 Å². The molecule has 7 nitrogen and oxygen atoms in total. The van der Waals surface area contributed by atoms with Gasteiger partial charge in [-0.25, -0.2) is 0 Å². The number of nitrogens with zero attached hydrogens (tertiary/aromatic N) is 2. The van der Waals surface area contributed by atoms with E-state index in [-0.39, 0.29) is 40.0 Å². The third-order valence-electron chi connectivity index (χ3n) is 5.14. The van der Waals surface area contributed by atoms with Gasteiger partial charge >= 0.3 is 6.18 Å². The van der Waals surface area contributed by atoms with Crippen LogP contribution in [0.5, 0.6) is 17.2 Å². The molecule has 1 aliphatic heterocycles. The van der Waals surface area contributed by atoms with E-state index in [9.17, 15) is 23.1 Å². The number of aliphatic hydroxyl groups is 1. The molecular weight excluding hydrogens is 381 g/mol. The van der Waals surface area contributed by atoms with E-state index in [0.717, 1.165) is 0 Å². The highest BCUT2D eigenvalue weighted by molar-refractivity contribution is 6.00. The van der Waals surface area contributed by atoms with Crippen molar-refractivity contribution in [2.45, 2.75) is 37.6 Å². The molecule has 1 aromatic carbocycles. The standard InChI is InChI=1S/C18H21F3N2O5/c1-26-13-8-10(9-14(27-2)15(13)28-3)16(24)23-17(25,18(19,20)21)11-6-4-5-7-12(11)22-23/h8-9,11,25H,4-7H2,1-3H3/t11-,17-/m0/s1. The summed E-state index contributed by atoms with van der Waals surface area (Å²) >= 11 is 0. The number of hydrogen-bond acceptors (Lipinski definition) is 6. The van der Waals surface area contributed by atoms with Gasteiger partial charge in [0.2, 0.25) is 5.75 Å². The second-order valence-corrected chi connectivity index (χ2v) is 6.64. The molecular formula is C18H21F3N2O5. The number of carbonyl (C=O) groups is 1. The van der Waals surface area contributed by atoms with Crippen LogP contribution in [0.4, 0.5) is 13.2 Å². The SMILES string of the molecule is COc1cc(C(=O)N2N=C3CCCC[C@@H]3[C@]2(O)C(F)(F)F)cc(OC)c1OC. The fourth-order valence-corrected chi connectivity index (χ4v) is 3.75. The predicted octanol–water partition coefficient (Wildman–Crippen LogP) is 2.97. The summed E-state index contributed by atoms with van der Waals surface area (Å²) in [6.45, 7) is 0. The van der Waals surface area contributed by atoms with Crippen LogP contribution in [0.25, 0.3) is 0 Å². The van der Waals surface area contributed by atoms with Crippen LogP contribution in [-0.4, -0.2) is 55.0 Å². The first kappa shape index (κ1) is 20.2. The number of alkyl halides is 3. The summed E-state index contributed by atoms with van der Waals surface area (Å²) in [5.41, 5.74) is -3.38. The topological polar surface area (TPSA) is 80.6 Å². The highest BCUT2D eigenvalue weighted by Crippen LogP contribution is 2.49. The summed E-state index contributed by atoms with van der Waals surface area (Å²) in [5, 5.41) is 14.7. The minimum absolute atomic E-state index is 0.102. The molecule has 28 heavy (non-hydrogen) atoms. The Balaban J connectivity index is 2.09. The minimum atomic E-state index is -5.07. The molecule has 1 fully saturated rings. The third-order valence-corrected chi connectivity index (χ3v) is 5.14. The number of ether oxygens (including phenoxy) is 3. The van der Waals surface area contributed by atoms with E-state index < -0.39 is 23.7 Å². The number of benzene rings is 1. The van der Waals surface area contributed by atoms with Crippen LogP contribution in [0.2, 0.25) is 0 Å². The van der Waals surface area contributed by atoms with Crippen molar-refractivity contribution in [3.8, 4) is 17.2 Å². The first-order valence-electron chi connectivity index (χ1n) is 8.70. The van der Waals surface area contributed by atoms with Gasteiger partial charge in [-0.3, -0.25) is 4.79 Å². The van der Waals surface area contributed by atoms with Crippen molar-refractivity contribution >= 4 is 11.6 Å². The Morgan fingerprint density at radius 1 is 1.18 bits per heavy atom. The number of fused-ring (bicyclic) bond motifs is 1. The minimum Gasteiger partial charge on any atom is -0.493 e. The Labute approximate surface area is 159 Å². The maximum absolute atomic E-state index is 13.9. The molecule has 154 valence electrons. The van der Waals surface area contributed by atoms with E-state index >= 15 is 0 Å². The lowest BCUT2D eigenvalue weighted by molar-refractivity contribution is -0.312. The molecule has 0 saturated heterocycles. The smallest absolute Gasteiger partial charge is 0.439 e. The van der Waals surface area contributed by atoms with Gasteiger partial charge in [0, 0.05) is 11.3 Å². The quantitative estimate of drug-likeness (QED) is 0.838. The molecule has 1 amide bonds. The van der Waals surface area contributed by atoms with Gasteiger partial charge in [0.15, 0.2) is 11.5 Å². The van der Waals surface area contributed by atoms with E-state index in [2.05, 4.69) is 5.10 Å². The maximum atomic E-state index is 13.9. The summed E-state index contributed by atoms with van der Waals surface area (Å²) in [4.78, 5) is 13.0. The fourth-order valence-electron chi connectivity index (χ4n) is 3.75. The van der Waals surface area contributed by atoms with Gasteiger partial charge in [-0.1, -0.05) is 6.42 Å². The molecule has 1 N–H and O–H groups in total. The Bertz CT molecular complexity index is 786. The monoisotopic (exact) mass is 402 g/mol. The van der Waals surface area contributed by atoms with Crippen LogP contribution in [-0.2, 0) is 0 Å². The molecule has 0 unspecified atom stereocenters. The number of methoxy groups -OCH3 is 3. The molecule has 0 radical (unpaired) electrons. The summed E-state index contributed by atoms with van der Waals surface area (Å²) < 4.78 is 57.1. The van der Waals surface area contributed by atoms with Crippen LogP contribution in [0.3, 0.4) is 0 Å². The van der Waals surface area contributed by atoms with Crippen LogP contribution in [0.15, 0.2) is 17.2 Å². The average Bonchev–Trinajstić information content (AvgIpc) is 3.00. The predicted molar refractivity (Wildman–Crippen MR) is 92.7 cm³/mol. The van der Waals surface area contributed by atoms with Crippen LogP contribution >= 0.6 is 0 Å². The Morgan fingerprint density at radius 3 is 2.29 bits per heavy atom. The average molecular weight is 402 g/mol. The number of halogens is 3. The summed E-state index contributed by atoms with van der Waals surface area (Å²) in [5.74, 6) is -1.99. The van der Waals surface area contributed by atoms with Gasteiger partial charge in [-0.2, -0.15) is 23.3 Å². The van der Waals surface area contributed by atoms with Crippen LogP contribution < -0.4 is 14.2 Å². The van der Waals surface area contributed by atoms with E-state index in [1.54, 1.807) is 0 Å². The van der Waals surface area contributed by atoms with E-state index in [1.807, 2.05) is 0 Å². The van der Waals surface area contributed by atoms with Crippen molar-refractivity contribution in [1.82, 2.24) is 5.01 Å². The molecule has 1 aliphatic carbocycles. The number of amides is 1. The largest absolute Gasteiger partial charge is 0.493 e.